The van der Waals surface area contributed by atoms with E-state index in [4.69, 9.17) is 4.98 Å². The number of rotatable bonds is 6. The van der Waals surface area contributed by atoms with Crippen molar-refractivity contribution < 1.29 is 4.79 Å². The van der Waals surface area contributed by atoms with E-state index in [1.807, 2.05) is 36.4 Å². The maximum Gasteiger partial charge on any atom is 0.241 e. The van der Waals surface area contributed by atoms with Crippen molar-refractivity contribution >= 4 is 27.5 Å². The minimum Gasteiger partial charge on any atom is -0.354 e. The first kappa shape index (κ1) is 18.1. The van der Waals surface area contributed by atoms with Gasteiger partial charge in [0.25, 0.3) is 0 Å². The second-order valence-corrected chi connectivity index (χ2v) is 8.28. The number of carbonyl (C=O) groups excluding carboxylic acids is 1. The number of fused-ring (bicyclic) bond motifs is 1. The van der Waals surface area contributed by atoms with Crippen molar-refractivity contribution in [1.29, 1.82) is 0 Å². The summed E-state index contributed by atoms with van der Waals surface area (Å²) < 4.78 is 1.20. The molecule has 0 saturated carbocycles. The summed E-state index contributed by atoms with van der Waals surface area (Å²) in [5, 5.41) is 4.26. The molecular formula is C22H25N3OS. The van der Waals surface area contributed by atoms with Crippen molar-refractivity contribution in [3.05, 3.63) is 65.2 Å². The number of likely N-dealkylation sites (tertiary alicyclic amines) is 1. The van der Waals surface area contributed by atoms with E-state index >= 15 is 0 Å². The van der Waals surface area contributed by atoms with Gasteiger partial charge in [-0.3, -0.25) is 9.69 Å². The van der Waals surface area contributed by atoms with Crippen molar-refractivity contribution in [3.8, 4) is 0 Å². The lowest BCUT2D eigenvalue weighted by Crippen LogP contribution is -2.40. The third-order valence-corrected chi connectivity index (χ3v) is 6.45. The fourth-order valence-electron chi connectivity index (χ4n) is 3.70. The molecule has 1 N–H and O–H groups in total. The van der Waals surface area contributed by atoms with Gasteiger partial charge in [0, 0.05) is 12.5 Å². The molecule has 1 aliphatic rings. The predicted octanol–water partition coefficient (Wildman–Crippen LogP) is 4.35. The SMILES string of the molecule is CC(CNC(=O)C(c1ccccc1)N1CCCC1)c1nc2ccccc2s1. The molecule has 1 fully saturated rings. The molecule has 3 aromatic rings. The fourth-order valence-corrected chi connectivity index (χ4v) is 4.72. The highest BCUT2D eigenvalue weighted by molar-refractivity contribution is 7.18. The molecule has 2 atom stereocenters. The van der Waals surface area contributed by atoms with Crippen LogP contribution in [0.2, 0.25) is 0 Å². The van der Waals surface area contributed by atoms with Gasteiger partial charge in [-0.15, -0.1) is 11.3 Å². The molecular weight excluding hydrogens is 354 g/mol. The average Bonchev–Trinajstić information content (AvgIpc) is 3.37. The van der Waals surface area contributed by atoms with Crippen molar-refractivity contribution in [2.45, 2.75) is 31.7 Å². The van der Waals surface area contributed by atoms with E-state index < -0.39 is 0 Å². The Hall–Kier alpha value is -2.24. The Kier molecular flexibility index (Phi) is 5.50. The minimum absolute atomic E-state index is 0.0936. The normalized spacial score (nSPS) is 17.1. The van der Waals surface area contributed by atoms with Crippen molar-refractivity contribution in [2.24, 2.45) is 0 Å². The van der Waals surface area contributed by atoms with Gasteiger partial charge >= 0.3 is 0 Å². The third kappa shape index (κ3) is 4.04. The van der Waals surface area contributed by atoms with E-state index in [2.05, 4.69) is 35.3 Å². The van der Waals surface area contributed by atoms with E-state index in [9.17, 15) is 4.79 Å². The van der Waals surface area contributed by atoms with Gasteiger partial charge in [0.05, 0.1) is 15.2 Å². The summed E-state index contributed by atoms with van der Waals surface area (Å²) in [6.07, 6.45) is 2.33. The summed E-state index contributed by atoms with van der Waals surface area (Å²) in [5.41, 5.74) is 2.11. The zero-order valence-electron chi connectivity index (χ0n) is 15.6. The Bertz CT molecular complexity index is 869. The van der Waals surface area contributed by atoms with Gasteiger partial charge in [-0.2, -0.15) is 0 Å². The second kappa shape index (κ2) is 8.19. The first-order valence-corrected chi connectivity index (χ1v) is 10.5. The lowest BCUT2D eigenvalue weighted by atomic mass is 10.0. The average molecular weight is 380 g/mol. The third-order valence-electron chi connectivity index (χ3n) is 5.18. The Morgan fingerprint density at radius 1 is 1.11 bits per heavy atom. The monoisotopic (exact) mass is 379 g/mol. The number of benzene rings is 2. The minimum atomic E-state index is -0.198. The summed E-state index contributed by atoms with van der Waals surface area (Å²) in [5.74, 6) is 0.289. The maximum atomic E-state index is 13.1. The zero-order chi connectivity index (χ0) is 18.6. The number of para-hydroxylation sites is 1. The van der Waals surface area contributed by atoms with Crippen molar-refractivity contribution in [3.63, 3.8) is 0 Å². The van der Waals surface area contributed by atoms with Crippen LogP contribution in [0.3, 0.4) is 0 Å². The van der Waals surface area contributed by atoms with Crippen LogP contribution in [-0.2, 0) is 4.79 Å². The molecule has 1 amide bonds. The molecule has 1 aliphatic heterocycles. The Labute approximate surface area is 164 Å². The lowest BCUT2D eigenvalue weighted by Gasteiger charge is -2.27. The maximum absolute atomic E-state index is 13.1. The van der Waals surface area contributed by atoms with Crippen LogP contribution in [0.1, 0.15) is 42.3 Å². The van der Waals surface area contributed by atoms with Crippen LogP contribution < -0.4 is 5.32 Å². The van der Waals surface area contributed by atoms with Gasteiger partial charge in [-0.25, -0.2) is 4.98 Å². The van der Waals surface area contributed by atoms with Crippen LogP contribution in [0.5, 0.6) is 0 Å². The Morgan fingerprint density at radius 3 is 2.56 bits per heavy atom. The molecule has 4 rings (SSSR count). The number of amides is 1. The number of nitrogens with zero attached hydrogens (tertiary/aromatic N) is 2. The summed E-state index contributed by atoms with van der Waals surface area (Å²) in [6, 6.07) is 18.1. The number of hydrogen-bond donors (Lipinski definition) is 1. The molecule has 0 aliphatic carbocycles. The van der Waals surface area contributed by atoms with Crippen LogP contribution in [0.15, 0.2) is 54.6 Å². The highest BCUT2D eigenvalue weighted by atomic mass is 32.1. The van der Waals surface area contributed by atoms with Gasteiger partial charge in [0.15, 0.2) is 0 Å². The first-order valence-electron chi connectivity index (χ1n) is 9.64. The van der Waals surface area contributed by atoms with Gasteiger partial charge < -0.3 is 5.32 Å². The topological polar surface area (TPSA) is 45.2 Å². The molecule has 0 radical (unpaired) electrons. The summed E-state index contributed by atoms with van der Waals surface area (Å²) in [4.78, 5) is 20.1. The highest BCUT2D eigenvalue weighted by Gasteiger charge is 2.29. The molecule has 1 saturated heterocycles. The molecule has 0 bridgehead atoms. The predicted molar refractivity (Wildman–Crippen MR) is 111 cm³/mol. The molecule has 27 heavy (non-hydrogen) atoms. The van der Waals surface area contributed by atoms with Crippen molar-refractivity contribution in [1.82, 2.24) is 15.2 Å². The van der Waals surface area contributed by atoms with E-state index in [1.54, 1.807) is 11.3 Å². The van der Waals surface area contributed by atoms with Gasteiger partial charge in [-0.05, 0) is 43.6 Å². The van der Waals surface area contributed by atoms with E-state index in [1.165, 1.54) is 17.5 Å². The molecule has 2 aromatic carbocycles. The van der Waals surface area contributed by atoms with Crippen molar-refractivity contribution in [2.75, 3.05) is 19.6 Å². The molecule has 4 nitrogen and oxygen atoms in total. The van der Waals surface area contributed by atoms with Crippen LogP contribution in [0, 0.1) is 0 Å². The summed E-state index contributed by atoms with van der Waals surface area (Å²) >= 11 is 1.71. The Balaban J connectivity index is 1.45. The molecule has 140 valence electrons. The van der Waals surface area contributed by atoms with E-state index in [0.717, 1.165) is 29.2 Å². The number of aromatic nitrogens is 1. The van der Waals surface area contributed by atoms with E-state index in [0.29, 0.717) is 6.54 Å². The first-order chi connectivity index (χ1) is 13.2. The number of carbonyl (C=O) groups is 1. The van der Waals surface area contributed by atoms with Crippen LogP contribution >= 0.6 is 11.3 Å². The molecule has 1 aromatic heterocycles. The summed E-state index contributed by atoms with van der Waals surface area (Å²) in [7, 11) is 0. The summed E-state index contributed by atoms with van der Waals surface area (Å²) in [6.45, 7) is 4.71. The zero-order valence-corrected chi connectivity index (χ0v) is 16.4. The quantitative estimate of drug-likeness (QED) is 0.692. The van der Waals surface area contributed by atoms with Crippen LogP contribution in [0.4, 0.5) is 0 Å². The lowest BCUT2D eigenvalue weighted by molar-refractivity contribution is -0.126. The number of thiazole rings is 1. The highest BCUT2D eigenvalue weighted by Crippen LogP contribution is 2.28. The van der Waals surface area contributed by atoms with Gasteiger partial charge in [-0.1, -0.05) is 49.4 Å². The second-order valence-electron chi connectivity index (χ2n) is 7.22. The van der Waals surface area contributed by atoms with E-state index in [-0.39, 0.29) is 17.9 Å². The number of nitrogens with one attached hydrogen (secondary N) is 1. The standard InChI is InChI=1S/C22H25N3OS/c1-16(22-24-18-11-5-6-12-19(18)27-22)15-23-21(26)20(25-13-7-8-14-25)17-9-3-2-4-10-17/h2-6,9-12,16,20H,7-8,13-15H2,1H3,(H,23,26). The smallest absolute Gasteiger partial charge is 0.241 e. The Morgan fingerprint density at radius 2 is 1.81 bits per heavy atom. The van der Waals surface area contributed by atoms with Crippen LogP contribution in [-0.4, -0.2) is 35.4 Å². The van der Waals surface area contributed by atoms with Crippen LogP contribution in [0.25, 0.3) is 10.2 Å². The van der Waals surface area contributed by atoms with Gasteiger partial charge in [0.2, 0.25) is 5.91 Å². The largest absolute Gasteiger partial charge is 0.354 e. The number of hydrogen-bond acceptors (Lipinski definition) is 4. The van der Waals surface area contributed by atoms with Gasteiger partial charge in [0.1, 0.15) is 6.04 Å². The molecule has 5 heteroatoms. The molecule has 0 spiro atoms. The molecule has 2 heterocycles. The molecule has 2 unspecified atom stereocenters. The fraction of sp³-hybridized carbons (Fsp3) is 0.364.